The van der Waals surface area contributed by atoms with Gasteiger partial charge in [-0.15, -0.1) is 0 Å². The Kier molecular flexibility index (Phi) is 4.30. The predicted octanol–water partition coefficient (Wildman–Crippen LogP) is 2.86. The molecule has 0 bridgehead atoms. The van der Waals surface area contributed by atoms with Gasteiger partial charge in [-0.05, 0) is 26.7 Å². The maximum absolute atomic E-state index is 11.4. The van der Waals surface area contributed by atoms with Crippen molar-refractivity contribution < 1.29 is 9.53 Å². The van der Waals surface area contributed by atoms with Crippen molar-refractivity contribution in [2.75, 3.05) is 12.9 Å². The molecular weight excluding hydrogens is 196 g/mol. The van der Waals surface area contributed by atoms with Crippen LogP contribution in [0.1, 0.15) is 39.5 Å². The van der Waals surface area contributed by atoms with Gasteiger partial charge >= 0.3 is 5.97 Å². The van der Waals surface area contributed by atoms with E-state index in [4.69, 9.17) is 4.74 Å². The van der Waals surface area contributed by atoms with Crippen molar-refractivity contribution in [3.05, 3.63) is 0 Å². The molecule has 1 aliphatic carbocycles. The maximum Gasteiger partial charge on any atom is 0.312 e. The zero-order chi connectivity index (χ0) is 10.6. The summed E-state index contributed by atoms with van der Waals surface area (Å²) in [7, 11) is 1.46. The van der Waals surface area contributed by atoms with Crippen molar-refractivity contribution in [3.63, 3.8) is 0 Å². The number of hydrogen-bond donors (Lipinski definition) is 0. The number of rotatable bonds is 4. The molecule has 1 aliphatic rings. The third-order valence-electron chi connectivity index (χ3n) is 2.72. The molecule has 0 spiro atoms. The molecule has 82 valence electrons. The first-order valence-corrected chi connectivity index (χ1v) is 6.31. The minimum Gasteiger partial charge on any atom is -0.469 e. The van der Waals surface area contributed by atoms with Crippen molar-refractivity contribution in [3.8, 4) is 0 Å². The topological polar surface area (TPSA) is 26.3 Å². The van der Waals surface area contributed by atoms with E-state index in [9.17, 15) is 4.79 Å². The summed E-state index contributed by atoms with van der Waals surface area (Å²) in [6, 6.07) is 0. The lowest BCUT2D eigenvalue weighted by Crippen LogP contribution is -2.28. The smallest absolute Gasteiger partial charge is 0.312 e. The van der Waals surface area contributed by atoms with E-state index < -0.39 is 0 Å². The number of carbonyl (C=O) groups excluding carboxylic acids is 1. The summed E-state index contributed by atoms with van der Waals surface area (Å²) in [4.78, 5) is 11.4. The summed E-state index contributed by atoms with van der Waals surface area (Å²) in [6.45, 7) is 3.92. The summed E-state index contributed by atoms with van der Waals surface area (Å²) >= 11 is 1.93. The Labute approximate surface area is 90.8 Å². The Bertz CT molecular complexity index is 195. The van der Waals surface area contributed by atoms with Crippen LogP contribution in [0.4, 0.5) is 0 Å². The average molecular weight is 216 g/mol. The zero-order valence-corrected chi connectivity index (χ0v) is 10.2. The van der Waals surface area contributed by atoms with Gasteiger partial charge in [-0.3, -0.25) is 4.79 Å². The fourth-order valence-corrected chi connectivity index (χ4v) is 3.15. The molecule has 0 atom stereocenters. The van der Waals surface area contributed by atoms with Crippen molar-refractivity contribution in [2.45, 2.75) is 44.8 Å². The van der Waals surface area contributed by atoms with Gasteiger partial charge in [0, 0.05) is 11.0 Å². The highest BCUT2D eigenvalue weighted by Crippen LogP contribution is 2.33. The van der Waals surface area contributed by atoms with Crippen LogP contribution in [-0.4, -0.2) is 24.1 Å². The van der Waals surface area contributed by atoms with Gasteiger partial charge in [-0.2, -0.15) is 11.8 Å². The Morgan fingerprint density at radius 3 is 2.50 bits per heavy atom. The second kappa shape index (κ2) is 5.06. The molecule has 3 heteroatoms. The standard InChI is InChI=1S/C11H20O2S/c1-11(2,10(12)13-3)8-14-9-6-4-5-7-9/h9H,4-8H2,1-3H3. The van der Waals surface area contributed by atoms with Crippen LogP contribution in [0, 0.1) is 5.41 Å². The Morgan fingerprint density at radius 2 is 2.00 bits per heavy atom. The van der Waals surface area contributed by atoms with Crippen LogP contribution in [-0.2, 0) is 9.53 Å². The lowest BCUT2D eigenvalue weighted by atomic mass is 9.97. The molecule has 0 aliphatic heterocycles. The predicted molar refractivity (Wildman–Crippen MR) is 60.5 cm³/mol. The first kappa shape index (κ1) is 11.9. The third-order valence-corrected chi connectivity index (χ3v) is 4.55. The van der Waals surface area contributed by atoms with Gasteiger partial charge in [-0.1, -0.05) is 12.8 Å². The molecular formula is C11H20O2S. The lowest BCUT2D eigenvalue weighted by Gasteiger charge is -2.22. The SMILES string of the molecule is COC(=O)C(C)(C)CSC1CCCC1. The van der Waals surface area contributed by atoms with Crippen molar-refractivity contribution in [1.29, 1.82) is 0 Å². The average Bonchev–Trinajstić information content (AvgIpc) is 2.66. The second-order valence-electron chi connectivity index (χ2n) is 4.59. The molecule has 0 radical (unpaired) electrons. The quantitative estimate of drug-likeness (QED) is 0.676. The van der Waals surface area contributed by atoms with Crippen molar-refractivity contribution in [2.24, 2.45) is 5.41 Å². The van der Waals surface area contributed by atoms with Crippen LogP contribution in [0.25, 0.3) is 0 Å². The van der Waals surface area contributed by atoms with Crippen LogP contribution >= 0.6 is 11.8 Å². The molecule has 0 aromatic rings. The first-order chi connectivity index (χ1) is 6.56. The summed E-state index contributed by atoms with van der Waals surface area (Å²) in [5.41, 5.74) is -0.331. The van der Waals surface area contributed by atoms with Gasteiger partial charge < -0.3 is 4.74 Å². The van der Waals surface area contributed by atoms with Crippen LogP contribution < -0.4 is 0 Å². The van der Waals surface area contributed by atoms with E-state index in [0.717, 1.165) is 11.0 Å². The monoisotopic (exact) mass is 216 g/mol. The molecule has 2 nitrogen and oxygen atoms in total. The molecule has 0 heterocycles. The molecule has 1 rings (SSSR count). The highest BCUT2D eigenvalue weighted by Gasteiger charge is 2.30. The lowest BCUT2D eigenvalue weighted by molar-refractivity contribution is -0.149. The second-order valence-corrected chi connectivity index (χ2v) is 5.88. The van der Waals surface area contributed by atoms with Gasteiger partial charge in [0.15, 0.2) is 0 Å². The Balaban J connectivity index is 2.31. The van der Waals surface area contributed by atoms with Gasteiger partial charge in [0.25, 0.3) is 0 Å². The number of thioether (sulfide) groups is 1. The molecule has 1 saturated carbocycles. The minimum atomic E-state index is -0.331. The van der Waals surface area contributed by atoms with E-state index in [1.54, 1.807) is 0 Å². The fraction of sp³-hybridized carbons (Fsp3) is 0.909. The number of esters is 1. The van der Waals surface area contributed by atoms with Crippen LogP contribution in [0.5, 0.6) is 0 Å². The third kappa shape index (κ3) is 3.19. The highest BCUT2D eigenvalue weighted by atomic mass is 32.2. The normalized spacial score (nSPS) is 18.5. The summed E-state index contributed by atoms with van der Waals surface area (Å²) < 4.78 is 4.78. The molecule has 14 heavy (non-hydrogen) atoms. The summed E-state index contributed by atoms with van der Waals surface area (Å²) in [6.07, 6.45) is 5.36. The Hall–Kier alpha value is -0.180. The van der Waals surface area contributed by atoms with Crippen LogP contribution in [0.2, 0.25) is 0 Å². The van der Waals surface area contributed by atoms with Crippen LogP contribution in [0.15, 0.2) is 0 Å². The van der Waals surface area contributed by atoms with Gasteiger partial charge in [0.05, 0.1) is 12.5 Å². The van der Waals surface area contributed by atoms with E-state index >= 15 is 0 Å². The molecule has 0 aromatic carbocycles. The molecule has 0 saturated heterocycles. The van der Waals surface area contributed by atoms with E-state index in [2.05, 4.69) is 0 Å². The molecule has 1 fully saturated rings. The number of ether oxygens (including phenoxy) is 1. The van der Waals surface area contributed by atoms with Gasteiger partial charge in [-0.25, -0.2) is 0 Å². The molecule has 0 aromatic heterocycles. The number of hydrogen-bond acceptors (Lipinski definition) is 3. The number of carbonyl (C=O) groups is 1. The number of methoxy groups -OCH3 is 1. The maximum atomic E-state index is 11.4. The largest absolute Gasteiger partial charge is 0.469 e. The van der Waals surface area contributed by atoms with Crippen molar-refractivity contribution in [1.82, 2.24) is 0 Å². The van der Waals surface area contributed by atoms with E-state index in [1.165, 1.54) is 32.8 Å². The highest BCUT2D eigenvalue weighted by molar-refractivity contribution is 7.99. The van der Waals surface area contributed by atoms with Gasteiger partial charge in [0.2, 0.25) is 0 Å². The van der Waals surface area contributed by atoms with E-state index in [-0.39, 0.29) is 11.4 Å². The van der Waals surface area contributed by atoms with E-state index in [1.807, 2.05) is 25.6 Å². The minimum absolute atomic E-state index is 0.0944. The molecule has 0 N–H and O–H groups in total. The summed E-state index contributed by atoms with van der Waals surface area (Å²) in [5.74, 6) is 0.785. The Morgan fingerprint density at radius 1 is 1.43 bits per heavy atom. The first-order valence-electron chi connectivity index (χ1n) is 5.26. The fourth-order valence-electron chi connectivity index (χ4n) is 1.72. The zero-order valence-electron chi connectivity index (χ0n) is 9.34. The van der Waals surface area contributed by atoms with Crippen molar-refractivity contribution >= 4 is 17.7 Å². The van der Waals surface area contributed by atoms with Gasteiger partial charge in [0.1, 0.15) is 0 Å². The molecule has 0 amide bonds. The summed E-state index contributed by atoms with van der Waals surface area (Å²) in [5, 5.41) is 0.777. The van der Waals surface area contributed by atoms with Crippen LogP contribution in [0.3, 0.4) is 0 Å². The van der Waals surface area contributed by atoms with E-state index in [0.29, 0.717) is 0 Å². The molecule has 0 unspecified atom stereocenters.